The number of carbonyl (C=O) groups is 1. The molecule has 3 rings (SSSR count). The molecule has 0 bridgehead atoms. The lowest BCUT2D eigenvalue weighted by Gasteiger charge is -2.20. The van der Waals surface area contributed by atoms with Gasteiger partial charge in [0.15, 0.2) is 0 Å². The highest BCUT2D eigenvalue weighted by Crippen LogP contribution is 2.36. The summed E-state index contributed by atoms with van der Waals surface area (Å²) in [6, 6.07) is 13.5. The van der Waals surface area contributed by atoms with E-state index in [2.05, 4.69) is 0 Å². The quantitative estimate of drug-likeness (QED) is 0.631. The lowest BCUT2D eigenvalue weighted by Crippen LogP contribution is -2.30. The van der Waals surface area contributed by atoms with Crippen LogP contribution in [0.5, 0.6) is 0 Å². The van der Waals surface area contributed by atoms with E-state index in [1.165, 1.54) is 23.5 Å². The van der Waals surface area contributed by atoms with E-state index in [1.54, 1.807) is 17.0 Å². The number of carbonyl (C=O) groups excluding carboxylic acids is 1. The van der Waals surface area contributed by atoms with Crippen LogP contribution in [0.3, 0.4) is 0 Å². The van der Waals surface area contributed by atoms with Gasteiger partial charge in [0, 0.05) is 22.3 Å². The van der Waals surface area contributed by atoms with Crippen molar-refractivity contribution in [2.24, 2.45) is 0 Å². The van der Waals surface area contributed by atoms with Gasteiger partial charge in [0.25, 0.3) is 5.91 Å². The number of fused-ring (bicyclic) bond motifs is 1. The number of thiophene rings is 1. The number of amides is 1. The predicted octanol–water partition coefficient (Wildman–Crippen LogP) is 5.36. The maximum absolute atomic E-state index is 13.1. The Morgan fingerprint density at radius 3 is 2.50 bits per heavy atom. The number of rotatable bonds is 3. The summed E-state index contributed by atoms with van der Waals surface area (Å²) in [6.45, 7) is 2.36. The first-order chi connectivity index (χ1) is 10.6. The molecule has 0 unspecified atom stereocenters. The van der Waals surface area contributed by atoms with Gasteiger partial charge in [0.1, 0.15) is 10.7 Å². The largest absolute Gasteiger partial charge is 0.308 e. The lowest BCUT2D eigenvalue weighted by molar-refractivity contribution is 0.0992. The van der Waals surface area contributed by atoms with Gasteiger partial charge in [0.2, 0.25) is 0 Å². The second-order valence-electron chi connectivity index (χ2n) is 4.77. The molecule has 5 heteroatoms. The molecule has 2 nitrogen and oxygen atoms in total. The van der Waals surface area contributed by atoms with Gasteiger partial charge in [-0.1, -0.05) is 29.8 Å². The Bertz CT molecular complexity index is 828. The summed E-state index contributed by atoms with van der Waals surface area (Å²) in [4.78, 5) is 14.9. The van der Waals surface area contributed by atoms with Gasteiger partial charge in [-0.3, -0.25) is 4.79 Å². The van der Waals surface area contributed by atoms with Crippen molar-refractivity contribution in [3.8, 4) is 0 Å². The van der Waals surface area contributed by atoms with Crippen LogP contribution in [0, 0.1) is 5.82 Å². The van der Waals surface area contributed by atoms with Gasteiger partial charge in [-0.05, 0) is 37.3 Å². The first-order valence-electron chi connectivity index (χ1n) is 6.86. The van der Waals surface area contributed by atoms with Crippen LogP contribution in [0.2, 0.25) is 5.02 Å². The Kier molecular flexibility index (Phi) is 4.14. The zero-order valence-electron chi connectivity index (χ0n) is 11.8. The van der Waals surface area contributed by atoms with Gasteiger partial charge in [0.05, 0.1) is 5.02 Å². The number of hydrogen-bond donors (Lipinski definition) is 0. The highest BCUT2D eigenvalue weighted by atomic mass is 35.5. The maximum atomic E-state index is 13.1. The van der Waals surface area contributed by atoms with Crippen LogP contribution in [-0.2, 0) is 0 Å². The molecule has 0 aliphatic carbocycles. The summed E-state index contributed by atoms with van der Waals surface area (Å²) in [6.07, 6.45) is 0. The topological polar surface area (TPSA) is 20.3 Å². The number of anilines is 1. The van der Waals surface area contributed by atoms with Crippen LogP contribution in [0.4, 0.5) is 10.1 Å². The summed E-state index contributed by atoms with van der Waals surface area (Å²) in [5.41, 5.74) is 0.655. The van der Waals surface area contributed by atoms with Crippen LogP contribution in [0.25, 0.3) is 10.1 Å². The van der Waals surface area contributed by atoms with Gasteiger partial charge in [-0.25, -0.2) is 4.39 Å². The Morgan fingerprint density at radius 1 is 1.18 bits per heavy atom. The highest BCUT2D eigenvalue weighted by Gasteiger charge is 2.22. The van der Waals surface area contributed by atoms with Crippen molar-refractivity contribution in [1.82, 2.24) is 0 Å². The number of benzene rings is 2. The van der Waals surface area contributed by atoms with Crippen molar-refractivity contribution in [1.29, 1.82) is 0 Å². The van der Waals surface area contributed by atoms with E-state index < -0.39 is 0 Å². The minimum absolute atomic E-state index is 0.166. The fourth-order valence-electron chi connectivity index (χ4n) is 2.34. The Balaban J connectivity index is 2.03. The first kappa shape index (κ1) is 15.0. The molecule has 1 aromatic heterocycles. The van der Waals surface area contributed by atoms with E-state index in [0.29, 0.717) is 22.1 Å². The summed E-state index contributed by atoms with van der Waals surface area (Å²) in [5.74, 6) is -0.493. The van der Waals surface area contributed by atoms with Crippen molar-refractivity contribution in [3.05, 3.63) is 64.2 Å². The third kappa shape index (κ3) is 2.60. The van der Waals surface area contributed by atoms with Gasteiger partial charge in [-0.2, -0.15) is 0 Å². The summed E-state index contributed by atoms with van der Waals surface area (Å²) < 4.78 is 14.0. The minimum atomic E-state index is -0.327. The summed E-state index contributed by atoms with van der Waals surface area (Å²) >= 11 is 7.74. The number of halogens is 2. The first-order valence-corrected chi connectivity index (χ1v) is 8.05. The van der Waals surface area contributed by atoms with Crippen molar-refractivity contribution in [3.63, 3.8) is 0 Å². The van der Waals surface area contributed by atoms with E-state index >= 15 is 0 Å². The normalized spacial score (nSPS) is 10.9. The van der Waals surface area contributed by atoms with E-state index in [4.69, 9.17) is 11.6 Å². The minimum Gasteiger partial charge on any atom is -0.308 e. The zero-order chi connectivity index (χ0) is 15.7. The molecule has 0 aliphatic rings. The Hall–Kier alpha value is -1.91. The molecule has 2 aromatic carbocycles. The molecule has 3 aromatic rings. The molecule has 1 amide bonds. The van der Waals surface area contributed by atoms with Gasteiger partial charge in [-0.15, -0.1) is 11.3 Å². The molecule has 0 saturated carbocycles. The molecule has 112 valence electrons. The van der Waals surface area contributed by atoms with Crippen molar-refractivity contribution in [2.75, 3.05) is 11.4 Å². The number of hydrogen-bond acceptors (Lipinski definition) is 2. The molecular formula is C17H13ClFNOS. The Morgan fingerprint density at radius 2 is 1.86 bits per heavy atom. The molecule has 0 aliphatic heterocycles. The van der Waals surface area contributed by atoms with Crippen molar-refractivity contribution >= 4 is 44.6 Å². The van der Waals surface area contributed by atoms with E-state index in [1.807, 2.05) is 31.2 Å². The number of nitrogens with zero attached hydrogens (tertiary/aromatic N) is 1. The lowest BCUT2D eigenvalue weighted by atomic mass is 10.2. The summed E-state index contributed by atoms with van der Waals surface area (Å²) in [5, 5.41) is 1.36. The second kappa shape index (κ2) is 6.07. The van der Waals surface area contributed by atoms with E-state index in [9.17, 15) is 9.18 Å². The fraction of sp³-hybridized carbons (Fsp3) is 0.118. The van der Waals surface area contributed by atoms with E-state index in [-0.39, 0.29) is 11.7 Å². The van der Waals surface area contributed by atoms with Crippen LogP contribution < -0.4 is 4.90 Å². The predicted molar refractivity (Wildman–Crippen MR) is 90.6 cm³/mol. The second-order valence-corrected chi connectivity index (χ2v) is 6.20. The van der Waals surface area contributed by atoms with Crippen molar-refractivity contribution in [2.45, 2.75) is 6.92 Å². The average molecular weight is 334 g/mol. The van der Waals surface area contributed by atoms with E-state index in [0.717, 1.165) is 10.1 Å². The maximum Gasteiger partial charge on any atom is 0.269 e. The monoisotopic (exact) mass is 333 g/mol. The standard InChI is InChI=1S/C17H13ClFNOS/c1-2-20(12-9-7-11(19)8-10-12)17(21)16-15(18)13-5-3-4-6-14(13)22-16/h3-10H,2H2,1H3. The van der Waals surface area contributed by atoms with Crippen LogP contribution in [0.1, 0.15) is 16.6 Å². The van der Waals surface area contributed by atoms with Gasteiger partial charge >= 0.3 is 0 Å². The molecule has 0 saturated heterocycles. The van der Waals surface area contributed by atoms with Gasteiger partial charge < -0.3 is 4.90 Å². The third-order valence-electron chi connectivity index (χ3n) is 3.43. The molecule has 0 N–H and O–H groups in total. The third-order valence-corrected chi connectivity index (χ3v) is 5.09. The average Bonchev–Trinajstić information content (AvgIpc) is 2.87. The zero-order valence-corrected chi connectivity index (χ0v) is 13.4. The molecule has 0 fully saturated rings. The molecule has 22 heavy (non-hydrogen) atoms. The molecule has 1 heterocycles. The Labute approximate surface area is 136 Å². The molecule has 0 atom stereocenters. The highest BCUT2D eigenvalue weighted by molar-refractivity contribution is 7.21. The van der Waals surface area contributed by atoms with Crippen LogP contribution >= 0.6 is 22.9 Å². The summed E-state index contributed by atoms with van der Waals surface area (Å²) in [7, 11) is 0. The smallest absolute Gasteiger partial charge is 0.269 e. The fourth-order valence-corrected chi connectivity index (χ4v) is 3.80. The van der Waals surface area contributed by atoms with Crippen LogP contribution in [0.15, 0.2) is 48.5 Å². The van der Waals surface area contributed by atoms with Crippen molar-refractivity contribution < 1.29 is 9.18 Å². The molecule has 0 spiro atoms. The molecular weight excluding hydrogens is 321 g/mol. The molecule has 0 radical (unpaired) electrons. The van der Waals surface area contributed by atoms with Crippen LogP contribution in [-0.4, -0.2) is 12.5 Å². The SMILES string of the molecule is CCN(C(=O)c1sc2ccccc2c1Cl)c1ccc(F)cc1.